The van der Waals surface area contributed by atoms with Crippen LogP contribution < -0.4 is 5.32 Å². The third-order valence-corrected chi connectivity index (χ3v) is 1.70. The van der Waals surface area contributed by atoms with Crippen LogP contribution >= 0.6 is 0 Å². The molecule has 17 heavy (non-hydrogen) atoms. The summed E-state index contributed by atoms with van der Waals surface area (Å²) in [5.41, 5.74) is 0.799. The average Bonchev–Trinajstić information content (AvgIpc) is 2.25. The molecule has 0 bridgehead atoms. The van der Waals surface area contributed by atoms with E-state index >= 15 is 0 Å². The summed E-state index contributed by atoms with van der Waals surface area (Å²) in [5, 5.41) is 2.95. The number of hydrogen-bond acceptors (Lipinski definition) is 4. The Bertz CT molecular complexity index is 420. The lowest BCUT2D eigenvalue weighted by atomic mass is 10.1. The average molecular weight is 259 g/mol. The number of nitrogens with one attached hydrogen (secondary N) is 1. The van der Waals surface area contributed by atoms with Gasteiger partial charge in [0.15, 0.2) is 5.78 Å². The third kappa shape index (κ3) is 11.0. The summed E-state index contributed by atoms with van der Waals surface area (Å²) in [6.45, 7) is 0.744. The smallest absolute Gasteiger partial charge is 0.261 e. The van der Waals surface area contributed by atoms with Gasteiger partial charge in [0, 0.05) is 18.5 Å². The molecule has 6 heteroatoms. The molecule has 5 nitrogen and oxygen atoms in total. The van der Waals surface area contributed by atoms with Crippen molar-refractivity contribution < 1.29 is 17.8 Å². The van der Waals surface area contributed by atoms with E-state index < -0.39 is 10.1 Å². The topological polar surface area (TPSA) is 83.5 Å². The zero-order chi connectivity index (χ0) is 13.3. The molecule has 0 saturated heterocycles. The fourth-order valence-electron chi connectivity index (χ4n) is 1.01. The minimum absolute atomic E-state index is 0.199. The van der Waals surface area contributed by atoms with Gasteiger partial charge in [0.05, 0.1) is 6.26 Å². The molecule has 0 aliphatic carbocycles. The molecule has 0 aliphatic rings. The number of carbonyl (C=O) groups is 1. The van der Waals surface area contributed by atoms with Crippen molar-refractivity contribution in [3.63, 3.8) is 0 Å². The van der Waals surface area contributed by atoms with Crippen molar-refractivity contribution in [3.05, 3.63) is 35.9 Å². The van der Waals surface area contributed by atoms with Gasteiger partial charge in [0.1, 0.15) is 0 Å². The SMILES string of the molecule is CNCCC(=O)c1ccccc1.CS(=O)(=O)O. The van der Waals surface area contributed by atoms with Gasteiger partial charge < -0.3 is 5.32 Å². The highest BCUT2D eigenvalue weighted by Crippen LogP contribution is 2.01. The predicted octanol–water partition coefficient (Wildman–Crippen LogP) is 0.983. The lowest BCUT2D eigenvalue weighted by molar-refractivity contribution is 0.0983. The molecule has 1 aromatic rings. The maximum absolute atomic E-state index is 11.4. The number of ketones is 1. The maximum Gasteiger partial charge on any atom is 0.261 e. The quantitative estimate of drug-likeness (QED) is 0.622. The van der Waals surface area contributed by atoms with Crippen LogP contribution in [0.5, 0.6) is 0 Å². The highest BCUT2D eigenvalue weighted by atomic mass is 32.2. The summed E-state index contributed by atoms with van der Waals surface area (Å²) in [6.07, 6.45) is 1.29. The molecule has 0 saturated carbocycles. The summed E-state index contributed by atoms with van der Waals surface area (Å²) in [7, 11) is -1.82. The molecule has 0 amide bonds. The lowest BCUT2D eigenvalue weighted by Crippen LogP contribution is -2.12. The van der Waals surface area contributed by atoms with Crippen LogP contribution in [0, 0.1) is 0 Å². The first-order chi connectivity index (χ1) is 7.84. The van der Waals surface area contributed by atoms with Gasteiger partial charge in [-0.15, -0.1) is 0 Å². The normalized spacial score (nSPS) is 10.3. The summed E-state index contributed by atoms with van der Waals surface area (Å²) in [4.78, 5) is 11.4. The molecule has 1 aromatic carbocycles. The van der Waals surface area contributed by atoms with Gasteiger partial charge in [-0.05, 0) is 7.05 Å². The summed E-state index contributed by atoms with van der Waals surface area (Å²) < 4.78 is 25.9. The maximum atomic E-state index is 11.4. The van der Waals surface area contributed by atoms with Crippen molar-refractivity contribution in [2.45, 2.75) is 6.42 Å². The Hall–Kier alpha value is -1.24. The zero-order valence-corrected chi connectivity index (χ0v) is 10.7. The first kappa shape index (κ1) is 15.8. The van der Waals surface area contributed by atoms with Crippen LogP contribution in [-0.2, 0) is 10.1 Å². The molecule has 0 aliphatic heterocycles. The number of hydrogen-bond donors (Lipinski definition) is 2. The molecule has 96 valence electrons. The largest absolute Gasteiger partial charge is 0.319 e. The zero-order valence-electron chi connectivity index (χ0n) is 9.88. The van der Waals surface area contributed by atoms with Crippen LogP contribution in [0.1, 0.15) is 16.8 Å². The van der Waals surface area contributed by atoms with Crippen molar-refractivity contribution in [1.82, 2.24) is 5.32 Å². The Kier molecular flexibility index (Phi) is 7.36. The number of carbonyl (C=O) groups excluding carboxylic acids is 1. The third-order valence-electron chi connectivity index (χ3n) is 1.70. The predicted molar refractivity (Wildman–Crippen MR) is 66.8 cm³/mol. The van der Waals surface area contributed by atoms with Gasteiger partial charge in [-0.1, -0.05) is 30.3 Å². The molecule has 0 unspecified atom stereocenters. The summed E-state index contributed by atoms with van der Waals surface area (Å²) in [5.74, 6) is 0.199. The molecule has 2 N–H and O–H groups in total. The van der Waals surface area contributed by atoms with E-state index in [1.807, 2.05) is 37.4 Å². The molecule has 1 rings (SSSR count). The van der Waals surface area contributed by atoms with Crippen molar-refractivity contribution in [1.29, 1.82) is 0 Å². The first-order valence-corrected chi connectivity index (χ1v) is 6.84. The van der Waals surface area contributed by atoms with Gasteiger partial charge in [-0.3, -0.25) is 9.35 Å². The Morgan fingerprint density at radius 2 is 1.76 bits per heavy atom. The Morgan fingerprint density at radius 1 is 1.29 bits per heavy atom. The van der Waals surface area contributed by atoms with Crippen LogP contribution in [-0.4, -0.2) is 38.6 Å². The van der Waals surface area contributed by atoms with Crippen LogP contribution in [0.4, 0.5) is 0 Å². The molecule has 0 aromatic heterocycles. The second-order valence-electron chi connectivity index (χ2n) is 3.38. The molecular formula is C11H17NO4S. The fraction of sp³-hybridized carbons (Fsp3) is 0.364. The second kappa shape index (κ2) is 7.94. The van der Waals surface area contributed by atoms with Crippen LogP contribution in [0.15, 0.2) is 30.3 Å². The van der Waals surface area contributed by atoms with Crippen LogP contribution in [0.2, 0.25) is 0 Å². The number of Topliss-reactive ketones (excluding diaryl/α,β-unsaturated/α-hetero) is 1. The van der Waals surface area contributed by atoms with Crippen molar-refractivity contribution in [2.75, 3.05) is 19.8 Å². The van der Waals surface area contributed by atoms with E-state index in [0.717, 1.165) is 12.1 Å². The van der Waals surface area contributed by atoms with E-state index in [1.165, 1.54) is 0 Å². The van der Waals surface area contributed by atoms with E-state index in [9.17, 15) is 13.2 Å². The minimum atomic E-state index is -3.67. The first-order valence-electron chi connectivity index (χ1n) is 5.00. The van der Waals surface area contributed by atoms with Gasteiger partial charge in [0.2, 0.25) is 0 Å². The monoisotopic (exact) mass is 259 g/mol. The number of rotatable bonds is 4. The Balaban J connectivity index is 0.000000437. The highest BCUT2D eigenvalue weighted by molar-refractivity contribution is 7.85. The molecule has 0 radical (unpaired) electrons. The van der Waals surface area contributed by atoms with Crippen molar-refractivity contribution >= 4 is 15.9 Å². The fourth-order valence-corrected chi connectivity index (χ4v) is 1.01. The van der Waals surface area contributed by atoms with Crippen molar-refractivity contribution in [3.8, 4) is 0 Å². The van der Waals surface area contributed by atoms with Crippen molar-refractivity contribution in [2.24, 2.45) is 0 Å². The van der Waals surface area contributed by atoms with Crippen LogP contribution in [0.25, 0.3) is 0 Å². The van der Waals surface area contributed by atoms with Gasteiger partial charge in [0.25, 0.3) is 10.1 Å². The van der Waals surface area contributed by atoms with Gasteiger partial charge >= 0.3 is 0 Å². The van der Waals surface area contributed by atoms with E-state index in [2.05, 4.69) is 5.32 Å². The van der Waals surface area contributed by atoms with Gasteiger partial charge in [-0.2, -0.15) is 8.42 Å². The molecule has 0 heterocycles. The lowest BCUT2D eigenvalue weighted by Gasteiger charge is -1.98. The highest BCUT2D eigenvalue weighted by Gasteiger charge is 2.02. The summed E-state index contributed by atoms with van der Waals surface area (Å²) in [6, 6.07) is 9.37. The van der Waals surface area contributed by atoms with E-state index in [4.69, 9.17) is 4.55 Å². The molecule has 0 atom stereocenters. The Morgan fingerprint density at radius 3 is 2.18 bits per heavy atom. The second-order valence-corrected chi connectivity index (χ2v) is 4.84. The molecule has 0 fully saturated rings. The number of benzene rings is 1. The van der Waals surface area contributed by atoms with E-state index in [-0.39, 0.29) is 5.78 Å². The van der Waals surface area contributed by atoms with Crippen LogP contribution in [0.3, 0.4) is 0 Å². The summed E-state index contributed by atoms with van der Waals surface area (Å²) >= 11 is 0. The van der Waals surface area contributed by atoms with Gasteiger partial charge in [-0.25, -0.2) is 0 Å². The van der Waals surface area contributed by atoms with E-state index in [0.29, 0.717) is 12.7 Å². The van der Waals surface area contributed by atoms with E-state index in [1.54, 1.807) is 0 Å². The minimum Gasteiger partial charge on any atom is -0.319 e. The standard InChI is InChI=1S/C10H13NO.CH4O3S/c1-11-8-7-10(12)9-5-3-2-4-6-9;1-5(2,3)4/h2-6,11H,7-8H2,1H3;1H3,(H,2,3,4). The molecule has 0 spiro atoms. The Labute approximate surface area is 102 Å². The molecular weight excluding hydrogens is 242 g/mol.